The quantitative estimate of drug-likeness (QED) is 0.658. The van der Waals surface area contributed by atoms with Crippen LogP contribution in [0.25, 0.3) is 0 Å². The second-order valence-corrected chi connectivity index (χ2v) is 4.91. The average Bonchev–Trinajstić information content (AvgIpc) is 2.06. The molecule has 68 valence electrons. The van der Waals surface area contributed by atoms with Crippen LogP contribution in [-0.4, -0.2) is 12.8 Å². The maximum Gasteiger partial charge on any atom is 0.0481 e. The molecular weight excluding hydrogens is 226 g/mol. The molecule has 1 aromatic carbocycles. The van der Waals surface area contributed by atoms with E-state index in [4.69, 9.17) is 0 Å². The maximum atomic E-state index is 4.38. The van der Waals surface area contributed by atoms with Gasteiger partial charge in [-0.15, -0.1) is 0 Å². The van der Waals surface area contributed by atoms with Gasteiger partial charge in [-0.25, -0.2) is 0 Å². The summed E-state index contributed by atoms with van der Waals surface area (Å²) in [6, 6.07) is 6.33. The van der Waals surface area contributed by atoms with E-state index in [1.54, 1.807) is 0 Å². The Hall–Kier alpha value is -0.630. The summed E-state index contributed by atoms with van der Waals surface area (Å²) in [5.41, 5.74) is 2.80. The zero-order valence-electron chi connectivity index (χ0n) is 7.84. The van der Waals surface area contributed by atoms with Crippen molar-refractivity contribution in [3.8, 4) is 0 Å². The molecule has 1 aliphatic rings. The lowest BCUT2D eigenvalue weighted by Crippen LogP contribution is -2.26. The predicted octanol–water partition coefficient (Wildman–Crippen LogP) is 3.16. The fourth-order valence-electron chi connectivity index (χ4n) is 1.71. The molecular formula is C11H12BrN. The summed E-state index contributed by atoms with van der Waals surface area (Å²) >= 11 is 3.54. The monoisotopic (exact) mass is 237 g/mol. The summed E-state index contributed by atoms with van der Waals surface area (Å²) in [7, 11) is 0. The lowest BCUT2D eigenvalue weighted by atomic mass is 9.80. The molecule has 0 fully saturated rings. The first-order valence-electron chi connectivity index (χ1n) is 4.40. The number of halogens is 1. The third kappa shape index (κ3) is 1.44. The van der Waals surface area contributed by atoms with E-state index in [0.29, 0.717) is 0 Å². The first kappa shape index (κ1) is 8.95. The van der Waals surface area contributed by atoms with Gasteiger partial charge in [-0.2, -0.15) is 0 Å². The van der Waals surface area contributed by atoms with Crippen LogP contribution in [0.3, 0.4) is 0 Å². The van der Waals surface area contributed by atoms with Gasteiger partial charge in [0.15, 0.2) is 0 Å². The van der Waals surface area contributed by atoms with Crippen molar-refractivity contribution in [3.63, 3.8) is 0 Å². The van der Waals surface area contributed by atoms with E-state index < -0.39 is 0 Å². The molecule has 0 amide bonds. The van der Waals surface area contributed by atoms with Crippen LogP contribution in [0, 0.1) is 0 Å². The topological polar surface area (TPSA) is 12.4 Å². The van der Waals surface area contributed by atoms with E-state index in [9.17, 15) is 0 Å². The summed E-state index contributed by atoms with van der Waals surface area (Å²) in [5.74, 6) is 0. The standard InChI is InChI=1S/C11H12BrN/c1-11(2)7-13-6-8-9(11)4-3-5-10(8)12/h3-6H,7H2,1-2H3. The highest BCUT2D eigenvalue weighted by Gasteiger charge is 2.26. The molecule has 0 bridgehead atoms. The second-order valence-electron chi connectivity index (χ2n) is 4.05. The van der Waals surface area contributed by atoms with Gasteiger partial charge in [0, 0.05) is 28.2 Å². The summed E-state index contributed by atoms with van der Waals surface area (Å²) in [6.45, 7) is 5.35. The summed E-state index contributed by atoms with van der Waals surface area (Å²) < 4.78 is 1.14. The van der Waals surface area contributed by atoms with Crippen molar-refractivity contribution in [2.75, 3.05) is 6.54 Å². The van der Waals surface area contributed by atoms with Crippen molar-refractivity contribution in [3.05, 3.63) is 33.8 Å². The van der Waals surface area contributed by atoms with Gasteiger partial charge >= 0.3 is 0 Å². The number of hydrogen-bond acceptors (Lipinski definition) is 1. The Bertz CT molecular complexity index is 366. The minimum absolute atomic E-state index is 0.174. The number of fused-ring (bicyclic) bond motifs is 1. The Morgan fingerprint density at radius 2 is 2.15 bits per heavy atom. The largest absolute Gasteiger partial charge is 0.292 e. The lowest BCUT2D eigenvalue weighted by Gasteiger charge is -2.28. The lowest BCUT2D eigenvalue weighted by molar-refractivity contribution is 0.534. The van der Waals surface area contributed by atoms with Gasteiger partial charge in [-0.1, -0.05) is 41.9 Å². The smallest absolute Gasteiger partial charge is 0.0481 e. The number of hydrogen-bond donors (Lipinski definition) is 0. The molecule has 13 heavy (non-hydrogen) atoms. The van der Waals surface area contributed by atoms with Gasteiger partial charge in [-0.3, -0.25) is 4.99 Å². The van der Waals surface area contributed by atoms with Gasteiger partial charge in [0.1, 0.15) is 0 Å². The van der Waals surface area contributed by atoms with Gasteiger partial charge in [0.25, 0.3) is 0 Å². The highest BCUT2D eigenvalue weighted by Crippen LogP contribution is 2.32. The average molecular weight is 238 g/mol. The van der Waals surface area contributed by atoms with Crippen LogP contribution in [0.15, 0.2) is 27.7 Å². The van der Waals surface area contributed by atoms with Gasteiger partial charge in [0.2, 0.25) is 0 Å². The van der Waals surface area contributed by atoms with Crippen LogP contribution in [0.2, 0.25) is 0 Å². The molecule has 0 spiro atoms. The Kier molecular flexibility index (Phi) is 2.03. The molecule has 0 radical (unpaired) electrons. The Morgan fingerprint density at radius 3 is 2.85 bits per heavy atom. The molecule has 0 saturated carbocycles. The third-order valence-electron chi connectivity index (χ3n) is 2.49. The normalized spacial score (nSPS) is 18.4. The first-order chi connectivity index (χ1) is 6.11. The number of nitrogens with zero attached hydrogens (tertiary/aromatic N) is 1. The molecule has 0 unspecified atom stereocenters. The van der Waals surface area contributed by atoms with Crippen LogP contribution < -0.4 is 0 Å². The van der Waals surface area contributed by atoms with E-state index in [0.717, 1.165) is 11.0 Å². The van der Waals surface area contributed by atoms with E-state index >= 15 is 0 Å². The molecule has 1 nitrogen and oxygen atoms in total. The minimum atomic E-state index is 0.174. The summed E-state index contributed by atoms with van der Waals surface area (Å²) in [4.78, 5) is 4.38. The van der Waals surface area contributed by atoms with Crippen LogP contribution in [0.4, 0.5) is 0 Å². The van der Waals surface area contributed by atoms with E-state index in [1.165, 1.54) is 11.1 Å². The molecule has 0 aliphatic carbocycles. The molecule has 1 aliphatic heterocycles. The molecule has 0 saturated heterocycles. The molecule has 0 atom stereocenters. The van der Waals surface area contributed by atoms with Crippen molar-refractivity contribution in [1.29, 1.82) is 0 Å². The molecule has 1 aromatic rings. The van der Waals surface area contributed by atoms with Gasteiger partial charge < -0.3 is 0 Å². The van der Waals surface area contributed by atoms with Gasteiger partial charge in [0.05, 0.1) is 0 Å². The van der Waals surface area contributed by atoms with E-state index in [-0.39, 0.29) is 5.41 Å². The van der Waals surface area contributed by atoms with Crippen molar-refractivity contribution in [2.45, 2.75) is 19.3 Å². The van der Waals surface area contributed by atoms with Gasteiger partial charge in [-0.05, 0) is 11.6 Å². The summed E-state index contributed by atoms with van der Waals surface area (Å²) in [5, 5.41) is 0. The highest BCUT2D eigenvalue weighted by molar-refractivity contribution is 9.10. The van der Waals surface area contributed by atoms with Crippen LogP contribution in [-0.2, 0) is 5.41 Å². The zero-order chi connectivity index (χ0) is 9.47. The molecule has 0 N–H and O–H groups in total. The maximum absolute atomic E-state index is 4.38. The summed E-state index contributed by atoms with van der Waals surface area (Å²) in [6.07, 6.45) is 1.96. The van der Waals surface area contributed by atoms with Crippen molar-refractivity contribution >= 4 is 22.1 Å². The fraction of sp³-hybridized carbons (Fsp3) is 0.364. The second kappa shape index (κ2) is 2.95. The Labute approximate surface area is 87.0 Å². The predicted molar refractivity (Wildman–Crippen MR) is 59.6 cm³/mol. The van der Waals surface area contributed by atoms with E-state index in [2.05, 4.69) is 53.0 Å². The van der Waals surface area contributed by atoms with Crippen LogP contribution in [0.1, 0.15) is 25.0 Å². The van der Waals surface area contributed by atoms with E-state index in [1.807, 2.05) is 6.21 Å². The van der Waals surface area contributed by atoms with Crippen LogP contribution >= 0.6 is 15.9 Å². The Balaban J connectivity index is 2.67. The minimum Gasteiger partial charge on any atom is -0.292 e. The number of benzene rings is 1. The Morgan fingerprint density at radius 1 is 1.38 bits per heavy atom. The molecule has 2 heteroatoms. The fourth-order valence-corrected chi connectivity index (χ4v) is 2.18. The van der Waals surface area contributed by atoms with Crippen molar-refractivity contribution in [2.24, 2.45) is 4.99 Å². The molecule has 0 aromatic heterocycles. The van der Waals surface area contributed by atoms with Crippen molar-refractivity contribution < 1.29 is 0 Å². The number of aliphatic imine (C=N–C) groups is 1. The highest BCUT2D eigenvalue weighted by atomic mass is 79.9. The molecule has 2 rings (SSSR count). The van der Waals surface area contributed by atoms with Crippen LogP contribution in [0.5, 0.6) is 0 Å². The number of rotatable bonds is 0. The SMILES string of the molecule is CC1(C)CN=Cc2c(Br)cccc21. The van der Waals surface area contributed by atoms with Crippen molar-refractivity contribution in [1.82, 2.24) is 0 Å². The third-order valence-corrected chi connectivity index (χ3v) is 3.18. The molecule has 1 heterocycles. The first-order valence-corrected chi connectivity index (χ1v) is 5.19. The zero-order valence-corrected chi connectivity index (χ0v) is 9.43.